The van der Waals surface area contributed by atoms with Crippen LogP contribution in [0.2, 0.25) is 0 Å². The van der Waals surface area contributed by atoms with E-state index in [1.807, 2.05) is 13.8 Å². The van der Waals surface area contributed by atoms with E-state index in [-0.39, 0.29) is 11.8 Å². The summed E-state index contributed by atoms with van der Waals surface area (Å²) in [6.45, 7) is 9.19. The fourth-order valence-electron chi connectivity index (χ4n) is 1.57. The van der Waals surface area contributed by atoms with Crippen LogP contribution in [-0.2, 0) is 9.30 Å². The van der Waals surface area contributed by atoms with Crippen LogP contribution in [0.3, 0.4) is 0 Å². The number of amides is 1. The second kappa shape index (κ2) is 6.77. The van der Waals surface area contributed by atoms with Gasteiger partial charge in [0.05, 0.1) is 6.10 Å². The first kappa shape index (κ1) is 17.3. The summed E-state index contributed by atoms with van der Waals surface area (Å²) >= 11 is 3.42. The third-order valence-electron chi connectivity index (χ3n) is 3.00. The van der Waals surface area contributed by atoms with Gasteiger partial charge < -0.3 is 9.30 Å². The molecule has 112 valence electrons. The molecular weight excluding hydrogens is 341 g/mol. The highest BCUT2D eigenvalue weighted by Crippen LogP contribution is 2.47. The Hall–Kier alpha value is -0.800. The molecule has 0 saturated heterocycles. The second-order valence-electron chi connectivity index (χ2n) is 5.33. The van der Waals surface area contributed by atoms with Gasteiger partial charge in [0.15, 0.2) is 0 Å². The van der Waals surface area contributed by atoms with E-state index in [0.717, 1.165) is 9.78 Å². The number of hydrogen-bond donors (Lipinski definition) is 1. The number of nitrogens with one attached hydrogen (secondary N) is 1. The maximum Gasteiger partial charge on any atom is 0.411 e. The topological polar surface area (TPSA) is 55.4 Å². The van der Waals surface area contributed by atoms with Gasteiger partial charge in [-0.1, -0.05) is 29.8 Å². The SMILES string of the molecule is CC(C)OC(=O)Nc1ccc(Br)c(P(C)(=O)C(C)C)c1. The first-order valence-electron chi connectivity index (χ1n) is 6.49. The Bertz CT molecular complexity index is 543. The Morgan fingerprint density at radius 3 is 2.40 bits per heavy atom. The summed E-state index contributed by atoms with van der Waals surface area (Å²) in [4.78, 5) is 11.6. The van der Waals surface area contributed by atoms with Gasteiger partial charge in [-0.3, -0.25) is 5.32 Å². The molecule has 1 amide bonds. The molecule has 6 heteroatoms. The van der Waals surface area contributed by atoms with Crippen LogP contribution in [0.15, 0.2) is 22.7 Å². The fraction of sp³-hybridized carbons (Fsp3) is 0.500. The molecular formula is C14H21BrNO3P. The molecule has 0 aromatic heterocycles. The van der Waals surface area contributed by atoms with E-state index in [4.69, 9.17) is 4.74 Å². The zero-order valence-electron chi connectivity index (χ0n) is 12.4. The summed E-state index contributed by atoms with van der Waals surface area (Å²) in [5.41, 5.74) is 0.619. The molecule has 0 aliphatic rings. The Balaban J connectivity index is 3.04. The van der Waals surface area contributed by atoms with E-state index in [9.17, 15) is 9.36 Å². The lowest BCUT2D eigenvalue weighted by atomic mass is 10.3. The Morgan fingerprint density at radius 1 is 1.30 bits per heavy atom. The largest absolute Gasteiger partial charge is 0.447 e. The van der Waals surface area contributed by atoms with E-state index >= 15 is 0 Å². The van der Waals surface area contributed by atoms with Crippen LogP contribution in [0.4, 0.5) is 10.5 Å². The summed E-state index contributed by atoms with van der Waals surface area (Å²) in [7, 11) is -2.49. The minimum Gasteiger partial charge on any atom is -0.447 e. The van der Waals surface area contributed by atoms with Crippen molar-refractivity contribution in [1.29, 1.82) is 0 Å². The summed E-state index contributed by atoms with van der Waals surface area (Å²) in [6, 6.07) is 5.28. The Labute approximate surface area is 128 Å². The van der Waals surface area contributed by atoms with Crippen LogP contribution in [0, 0.1) is 0 Å². The molecule has 1 atom stereocenters. The van der Waals surface area contributed by atoms with E-state index in [1.165, 1.54) is 0 Å². The normalized spacial score (nSPS) is 14.2. The van der Waals surface area contributed by atoms with Gasteiger partial charge in [-0.15, -0.1) is 0 Å². The maximum absolute atomic E-state index is 12.8. The minimum atomic E-state index is -2.49. The number of ether oxygens (including phenoxy) is 1. The van der Waals surface area contributed by atoms with Crippen LogP contribution in [0.1, 0.15) is 27.7 Å². The lowest BCUT2D eigenvalue weighted by Gasteiger charge is -2.20. The van der Waals surface area contributed by atoms with Crippen molar-refractivity contribution in [1.82, 2.24) is 0 Å². The van der Waals surface area contributed by atoms with Gasteiger partial charge in [0.25, 0.3) is 0 Å². The molecule has 0 heterocycles. The van der Waals surface area contributed by atoms with Crippen molar-refractivity contribution in [3.05, 3.63) is 22.7 Å². The third kappa shape index (κ3) is 4.35. The molecule has 0 saturated carbocycles. The van der Waals surface area contributed by atoms with E-state index in [0.29, 0.717) is 5.69 Å². The summed E-state index contributed by atoms with van der Waals surface area (Å²) in [6.07, 6.45) is -0.693. The molecule has 0 spiro atoms. The molecule has 1 N–H and O–H groups in total. The highest BCUT2D eigenvalue weighted by molar-refractivity contribution is 9.10. The van der Waals surface area contributed by atoms with Crippen molar-refractivity contribution in [2.45, 2.75) is 39.5 Å². The summed E-state index contributed by atoms with van der Waals surface area (Å²) < 4.78 is 18.6. The zero-order chi connectivity index (χ0) is 15.5. The fourth-order valence-corrected chi connectivity index (χ4v) is 4.32. The van der Waals surface area contributed by atoms with E-state index in [1.54, 1.807) is 38.7 Å². The van der Waals surface area contributed by atoms with Gasteiger partial charge in [0.1, 0.15) is 7.14 Å². The molecule has 0 aliphatic carbocycles. The Morgan fingerprint density at radius 2 is 1.90 bits per heavy atom. The van der Waals surface area contributed by atoms with Gasteiger partial charge in [-0.25, -0.2) is 4.79 Å². The lowest BCUT2D eigenvalue weighted by Crippen LogP contribution is -2.20. The van der Waals surface area contributed by atoms with E-state index < -0.39 is 13.2 Å². The van der Waals surface area contributed by atoms with Crippen molar-refractivity contribution in [2.24, 2.45) is 0 Å². The Kier molecular flexibility index (Phi) is 5.84. The number of hydrogen-bond acceptors (Lipinski definition) is 3. The molecule has 1 aromatic rings. The monoisotopic (exact) mass is 361 g/mol. The van der Waals surface area contributed by atoms with Gasteiger partial charge in [0.2, 0.25) is 0 Å². The van der Waals surface area contributed by atoms with Crippen molar-refractivity contribution in [2.75, 3.05) is 12.0 Å². The third-order valence-corrected chi connectivity index (χ3v) is 7.29. The van der Waals surface area contributed by atoms with Crippen molar-refractivity contribution >= 4 is 40.2 Å². The average molecular weight is 362 g/mol. The van der Waals surface area contributed by atoms with Gasteiger partial charge in [0, 0.05) is 21.1 Å². The molecule has 1 unspecified atom stereocenters. The smallest absolute Gasteiger partial charge is 0.411 e. The number of rotatable bonds is 4. The van der Waals surface area contributed by atoms with Crippen molar-refractivity contribution in [3.8, 4) is 0 Å². The molecule has 4 nitrogen and oxygen atoms in total. The standard InChI is InChI=1S/C14H21BrNO3P/c1-9(2)19-14(17)16-11-6-7-12(15)13(8-11)20(5,18)10(3)4/h6-10H,1-5H3,(H,16,17). The van der Waals surface area contributed by atoms with Crippen LogP contribution in [0.5, 0.6) is 0 Å². The number of benzene rings is 1. The summed E-state index contributed by atoms with van der Waals surface area (Å²) in [5.74, 6) is 0. The van der Waals surface area contributed by atoms with Gasteiger partial charge in [-0.2, -0.15) is 0 Å². The average Bonchev–Trinajstić information content (AvgIpc) is 2.30. The molecule has 0 fully saturated rings. The molecule has 0 radical (unpaired) electrons. The predicted octanol–water partition coefficient (Wildman–Crippen LogP) is 4.43. The highest BCUT2D eigenvalue weighted by atomic mass is 79.9. The summed E-state index contributed by atoms with van der Waals surface area (Å²) in [5, 5.41) is 3.38. The number of carbonyl (C=O) groups excluding carboxylic acids is 1. The number of carbonyl (C=O) groups is 1. The van der Waals surface area contributed by atoms with Crippen LogP contribution in [-0.4, -0.2) is 24.5 Å². The number of anilines is 1. The molecule has 1 rings (SSSR count). The zero-order valence-corrected chi connectivity index (χ0v) is 14.9. The van der Waals surface area contributed by atoms with Gasteiger partial charge in [-0.05, 0) is 38.7 Å². The van der Waals surface area contributed by atoms with Crippen molar-refractivity contribution < 1.29 is 14.1 Å². The highest BCUT2D eigenvalue weighted by Gasteiger charge is 2.25. The second-order valence-corrected chi connectivity index (χ2v) is 9.68. The maximum atomic E-state index is 12.8. The van der Waals surface area contributed by atoms with Crippen LogP contribution >= 0.6 is 23.1 Å². The van der Waals surface area contributed by atoms with Crippen LogP contribution in [0.25, 0.3) is 0 Å². The number of halogens is 1. The first-order chi connectivity index (χ1) is 9.14. The van der Waals surface area contributed by atoms with Crippen molar-refractivity contribution in [3.63, 3.8) is 0 Å². The molecule has 1 aromatic carbocycles. The lowest BCUT2D eigenvalue weighted by molar-refractivity contribution is 0.130. The minimum absolute atomic E-state index is 0.0386. The van der Waals surface area contributed by atoms with E-state index in [2.05, 4.69) is 21.2 Å². The first-order valence-corrected chi connectivity index (χ1v) is 9.51. The predicted molar refractivity (Wildman–Crippen MR) is 87.7 cm³/mol. The van der Waals surface area contributed by atoms with Crippen LogP contribution < -0.4 is 10.6 Å². The molecule has 20 heavy (non-hydrogen) atoms. The quantitative estimate of drug-likeness (QED) is 0.806. The molecule has 0 aliphatic heterocycles. The van der Waals surface area contributed by atoms with Gasteiger partial charge >= 0.3 is 6.09 Å². The molecule has 0 bridgehead atoms.